The Balaban J connectivity index is 2.08. The minimum atomic E-state index is 0.177. The molecule has 0 aromatic heterocycles. The number of halogens is 1. The Morgan fingerprint density at radius 1 is 0.826 bits per heavy atom. The number of hydrogen-bond acceptors (Lipinski definition) is 1. The number of rotatable bonds is 4. The molecule has 0 spiro atoms. The molecule has 0 saturated carbocycles. The highest BCUT2D eigenvalue weighted by Crippen LogP contribution is 2.34. The smallest absolute Gasteiger partial charge is 0.0484 e. The van der Waals surface area contributed by atoms with Crippen LogP contribution in [0.5, 0.6) is 0 Å². The molecular weight excluding hydrogens is 302 g/mol. The molecule has 116 valence electrons. The SMILES string of the molecule is Cc1ccccc1-c1cc(C(CN)c2ccccc2)ccc1Cl. The summed E-state index contributed by atoms with van der Waals surface area (Å²) >= 11 is 6.47. The summed E-state index contributed by atoms with van der Waals surface area (Å²) in [5.74, 6) is 0.177. The monoisotopic (exact) mass is 321 g/mol. The van der Waals surface area contributed by atoms with Gasteiger partial charge in [-0.25, -0.2) is 0 Å². The van der Waals surface area contributed by atoms with E-state index in [4.69, 9.17) is 17.3 Å². The average Bonchev–Trinajstić information content (AvgIpc) is 2.59. The van der Waals surface area contributed by atoms with Gasteiger partial charge in [-0.2, -0.15) is 0 Å². The van der Waals surface area contributed by atoms with E-state index in [2.05, 4.69) is 55.5 Å². The van der Waals surface area contributed by atoms with E-state index in [-0.39, 0.29) is 5.92 Å². The second-order valence-electron chi connectivity index (χ2n) is 5.75. The Bertz CT molecular complexity index is 796. The molecule has 3 aromatic rings. The number of nitrogens with two attached hydrogens (primary N) is 1. The van der Waals surface area contributed by atoms with Gasteiger partial charge in [0.1, 0.15) is 0 Å². The fourth-order valence-corrected chi connectivity index (χ4v) is 3.21. The van der Waals surface area contributed by atoms with Gasteiger partial charge >= 0.3 is 0 Å². The number of benzene rings is 3. The zero-order valence-corrected chi connectivity index (χ0v) is 13.9. The van der Waals surface area contributed by atoms with Crippen LogP contribution in [-0.2, 0) is 0 Å². The maximum absolute atomic E-state index is 6.47. The Morgan fingerprint density at radius 2 is 1.52 bits per heavy atom. The normalized spacial score (nSPS) is 12.1. The van der Waals surface area contributed by atoms with Crippen LogP contribution in [0.3, 0.4) is 0 Å². The van der Waals surface area contributed by atoms with Gasteiger partial charge in [0.25, 0.3) is 0 Å². The van der Waals surface area contributed by atoms with Gasteiger partial charge in [0, 0.05) is 23.0 Å². The zero-order chi connectivity index (χ0) is 16.2. The van der Waals surface area contributed by atoms with Gasteiger partial charge < -0.3 is 5.73 Å². The van der Waals surface area contributed by atoms with Gasteiger partial charge in [0.05, 0.1) is 0 Å². The highest BCUT2D eigenvalue weighted by Gasteiger charge is 2.15. The minimum absolute atomic E-state index is 0.177. The molecule has 0 aliphatic rings. The third kappa shape index (κ3) is 3.31. The first-order chi connectivity index (χ1) is 11.2. The van der Waals surface area contributed by atoms with Crippen LogP contribution in [0.4, 0.5) is 0 Å². The Labute approximate surface area is 142 Å². The molecule has 0 bridgehead atoms. The van der Waals surface area contributed by atoms with Crippen molar-refractivity contribution in [3.8, 4) is 11.1 Å². The summed E-state index contributed by atoms with van der Waals surface area (Å²) in [6.07, 6.45) is 0. The van der Waals surface area contributed by atoms with E-state index in [9.17, 15) is 0 Å². The second kappa shape index (κ2) is 6.99. The van der Waals surface area contributed by atoms with Gasteiger partial charge in [-0.1, -0.05) is 72.3 Å². The van der Waals surface area contributed by atoms with Crippen molar-refractivity contribution in [3.63, 3.8) is 0 Å². The predicted molar refractivity (Wildman–Crippen MR) is 99.0 cm³/mol. The van der Waals surface area contributed by atoms with E-state index in [0.717, 1.165) is 10.6 Å². The molecule has 2 N–H and O–H groups in total. The molecule has 3 aromatic carbocycles. The first-order valence-electron chi connectivity index (χ1n) is 7.81. The highest BCUT2D eigenvalue weighted by molar-refractivity contribution is 6.33. The van der Waals surface area contributed by atoms with Crippen molar-refractivity contribution in [2.75, 3.05) is 6.54 Å². The lowest BCUT2D eigenvalue weighted by Crippen LogP contribution is -2.13. The summed E-state index contributed by atoms with van der Waals surface area (Å²) in [6, 6.07) is 24.9. The van der Waals surface area contributed by atoms with Crippen LogP contribution in [0.2, 0.25) is 5.02 Å². The molecule has 0 aliphatic heterocycles. The molecule has 1 unspecified atom stereocenters. The van der Waals surface area contributed by atoms with E-state index in [1.807, 2.05) is 24.3 Å². The summed E-state index contributed by atoms with van der Waals surface area (Å²) in [7, 11) is 0. The zero-order valence-electron chi connectivity index (χ0n) is 13.2. The van der Waals surface area contributed by atoms with Crippen molar-refractivity contribution < 1.29 is 0 Å². The van der Waals surface area contributed by atoms with Crippen LogP contribution in [0, 0.1) is 6.92 Å². The molecule has 23 heavy (non-hydrogen) atoms. The summed E-state index contributed by atoms with van der Waals surface area (Å²) < 4.78 is 0. The number of hydrogen-bond donors (Lipinski definition) is 1. The molecule has 1 atom stereocenters. The third-order valence-electron chi connectivity index (χ3n) is 4.27. The Kier molecular flexibility index (Phi) is 4.80. The standard InChI is InChI=1S/C21H20ClN/c1-15-7-5-6-10-18(15)19-13-17(11-12-21(19)22)20(14-23)16-8-3-2-4-9-16/h2-13,20H,14,23H2,1H3. The fourth-order valence-electron chi connectivity index (χ4n) is 2.99. The van der Waals surface area contributed by atoms with E-state index >= 15 is 0 Å². The van der Waals surface area contributed by atoms with Crippen molar-refractivity contribution in [2.45, 2.75) is 12.8 Å². The van der Waals surface area contributed by atoms with Crippen molar-refractivity contribution >= 4 is 11.6 Å². The molecule has 0 amide bonds. The molecule has 0 fully saturated rings. The largest absolute Gasteiger partial charge is 0.330 e. The Morgan fingerprint density at radius 3 is 2.22 bits per heavy atom. The molecule has 2 heteroatoms. The topological polar surface area (TPSA) is 26.0 Å². The lowest BCUT2D eigenvalue weighted by atomic mass is 9.89. The second-order valence-corrected chi connectivity index (χ2v) is 6.16. The summed E-state index contributed by atoms with van der Waals surface area (Å²) in [6.45, 7) is 2.68. The van der Waals surface area contributed by atoms with Gasteiger partial charge in [-0.3, -0.25) is 0 Å². The van der Waals surface area contributed by atoms with E-state index in [1.165, 1.54) is 22.3 Å². The lowest BCUT2D eigenvalue weighted by molar-refractivity contribution is 0.819. The van der Waals surface area contributed by atoms with Crippen LogP contribution < -0.4 is 5.73 Å². The van der Waals surface area contributed by atoms with Crippen molar-refractivity contribution in [1.82, 2.24) is 0 Å². The van der Waals surface area contributed by atoms with E-state index in [0.29, 0.717) is 6.54 Å². The summed E-state index contributed by atoms with van der Waals surface area (Å²) in [5.41, 5.74) is 11.9. The molecule has 0 aliphatic carbocycles. The van der Waals surface area contributed by atoms with Crippen molar-refractivity contribution in [2.24, 2.45) is 5.73 Å². The van der Waals surface area contributed by atoms with Gasteiger partial charge in [-0.05, 0) is 41.3 Å². The summed E-state index contributed by atoms with van der Waals surface area (Å²) in [5, 5.41) is 0.770. The quantitative estimate of drug-likeness (QED) is 0.683. The fraction of sp³-hybridized carbons (Fsp3) is 0.143. The Hall–Kier alpha value is -2.09. The maximum atomic E-state index is 6.47. The van der Waals surface area contributed by atoms with Gasteiger partial charge in [0.2, 0.25) is 0 Å². The molecule has 3 rings (SSSR count). The van der Waals surface area contributed by atoms with Gasteiger partial charge in [0.15, 0.2) is 0 Å². The van der Waals surface area contributed by atoms with Gasteiger partial charge in [-0.15, -0.1) is 0 Å². The van der Waals surface area contributed by atoms with E-state index < -0.39 is 0 Å². The first-order valence-corrected chi connectivity index (χ1v) is 8.19. The maximum Gasteiger partial charge on any atom is 0.0484 e. The molecule has 1 nitrogen and oxygen atoms in total. The van der Waals surface area contributed by atoms with Crippen molar-refractivity contribution in [1.29, 1.82) is 0 Å². The lowest BCUT2D eigenvalue weighted by Gasteiger charge is -2.18. The summed E-state index contributed by atoms with van der Waals surface area (Å²) in [4.78, 5) is 0. The third-order valence-corrected chi connectivity index (χ3v) is 4.60. The van der Waals surface area contributed by atoms with E-state index in [1.54, 1.807) is 0 Å². The van der Waals surface area contributed by atoms with Crippen molar-refractivity contribution in [3.05, 3.63) is 94.5 Å². The van der Waals surface area contributed by atoms with Crippen LogP contribution in [-0.4, -0.2) is 6.54 Å². The first kappa shape index (κ1) is 15.8. The molecule has 0 saturated heterocycles. The van der Waals surface area contributed by atoms with Crippen LogP contribution in [0.1, 0.15) is 22.6 Å². The minimum Gasteiger partial charge on any atom is -0.330 e. The predicted octanol–water partition coefficient (Wildman–Crippen LogP) is 5.41. The van der Waals surface area contributed by atoms with Crippen LogP contribution in [0.25, 0.3) is 11.1 Å². The molecule has 0 radical (unpaired) electrons. The average molecular weight is 322 g/mol. The van der Waals surface area contributed by atoms with Crippen LogP contribution in [0.15, 0.2) is 72.8 Å². The van der Waals surface area contributed by atoms with Crippen LogP contribution >= 0.6 is 11.6 Å². The molecule has 0 heterocycles. The highest BCUT2D eigenvalue weighted by atomic mass is 35.5. The molecular formula is C21H20ClN. The number of aryl methyl sites for hydroxylation is 1.